The first-order valence-electron chi connectivity index (χ1n) is 13.0. The van der Waals surface area contributed by atoms with Crippen molar-refractivity contribution in [2.75, 3.05) is 31.3 Å². The summed E-state index contributed by atoms with van der Waals surface area (Å²) in [6.45, 7) is 4.66. The molecule has 1 fully saturated rings. The number of pyridine rings is 1. The lowest BCUT2D eigenvalue weighted by Gasteiger charge is -2.32. The molecule has 0 radical (unpaired) electrons. The first-order chi connectivity index (χ1) is 18.3. The summed E-state index contributed by atoms with van der Waals surface area (Å²) in [5, 5.41) is 15.1. The first kappa shape index (κ1) is 28.7. The summed E-state index contributed by atoms with van der Waals surface area (Å²) >= 11 is 0. The van der Waals surface area contributed by atoms with Crippen LogP contribution in [0.15, 0.2) is 23.1 Å². The molecular formula is C26H35F3N8O2. The lowest BCUT2D eigenvalue weighted by atomic mass is 9.91. The van der Waals surface area contributed by atoms with Gasteiger partial charge in [-0.05, 0) is 72.7 Å². The topological polar surface area (TPSA) is 121 Å². The van der Waals surface area contributed by atoms with E-state index in [4.69, 9.17) is 0 Å². The zero-order valence-electron chi connectivity index (χ0n) is 22.7. The smallest absolute Gasteiger partial charge is 0.382 e. The normalized spacial score (nSPS) is 19.1. The van der Waals surface area contributed by atoms with Crippen LogP contribution in [0.2, 0.25) is 0 Å². The largest absolute Gasteiger partial charge is 0.416 e. The van der Waals surface area contributed by atoms with E-state index in [1.165, 1.54) is 6.07 Å². The van der Waals surface area contributed by atoms with E-state index in [9.17, 15) is 23.1 Å². The highest BCUT2D eigenvalue weighted by molar-refractivity contribution is 5.75. The van der Waals surface area contributed by atoms with Gasteiger partial charge in [0.05, 0.1) is 12.7 Å². The molecule has 0 saturated heterocycles. The number of rotatable bonds is 8. The Hall–Kier alpha value is -3.32. The number of aliphatic hydroxyl groups is 1. The van der Waals surface area contributed by atoms with E-state index < -0.39 is 18.8 Å². The number of nitrogens with zero attached hydrogens (tertiary/aromatic N) is 6. The van der Waals surface area contributed by atoms with Gasteiger partial charge in [0.25, 0.3) is 5.56 Å². The van der Waals surface area contributed by atoms with E-state index in [2.05, 4.69) is 49.6 Å². The van der Waals surface area contributed by atoms with Crippen molar-refractivity contribution in [2.45, 2.75) is 76.9 Å². The van der Waals surface area contributed by atoms with Crippen molar-refractivity contribution < 1.29 is 18.3 Å². The molecule has 1 saturated carbocycles. The Balaban J connectivity index is 1.61. The highest BCUT2D eigenvalue weighted by Gasteiger charge is 2.38. The number of hydrogen-bond donors (Lipinski definition) is 3. The number of hydrogen-bond acceptors (Lipinski definition) is 9. The van der Waals surface area contributed by atoms with E-state index in [1.807, 2.05) is 13.8 Å². The molecule has 39 heavy (non-hydrogen) atoms. The Bertz CT molecular complexity index is 1370. The van der Waals surface area contributed by atoms with Gasteiger partial charge in [0, 0.05) is 29.4 Å². The van der Waals surface area contributed by atoms with Crippen LogP contribution in [0.4, 0.5) is 24.9 Å². The number of aromatic nitrogens is 5. The second-order valence-corrected chi connectivity index (χ2v) is 10.5. The summed E-state index contributed by atoms with van der Waals surface area (Å²) in [6.07, 6.45) is -1.48. The lowest BCUT2D eigenvalue weighted by Crippen LogP contribution is -2.36. The quantitative estimate of drug-likeness (QED) is 0.386. The van der Waals surface area contributed by atoms with Crippen molar-refractivity contribution in [2.24, 2.45) is 0 Å². The van der Waals surface area contributed by atoms with E-state index in [1.54, 1.807) is 23.8 Å². The summed E-state index contributed by atoms with van der Waals surface area (Å²) < 4.78 is 39.4. The maximum atomic E-state index is 13.6. The van der Waals surface area contributed by atoms with Gasteiger partial charge in [-0.15, -0.1) is 0 Å². The van der Waals surface area contributed by atoms with Crippen molar-refractivity contribution >= 4 is 22.9 Å². The third kappa shape index (κ3) is 6.47. The molecule has 3 aromatic heterocycles. The molecule has 0 bridgehead atoms. The lowest BCUT2D eigenvalue weighted by molar-refractivity contribution is -0.198. The number of aryl methyl sites for hydroxylation is 1. The fraction of sp³-hybridized carbons (Fsp3) is 0.577. The number of alkyl halides is 3. The highest BCUT2D eigenvalue weighted by atomic mass is 19.4. The molecule has 1 atom stereocenters. The first-order valence-corrected chi connectivity index (χ1v) is 13.0. The van der Waals surface area contributed by atoms with Gasteiger partial charge in [-0.1, -0.05) is 0 Å². The molecule has 4 rings (SSSR count). The second-order valence-electron chi connectivity index (χ2n) is 10.5. The third-order valence-electron chi connectivity index (χ3n) is 7.10. The maximum Gasteiger partial charge on any atom is 0.416 e. The van der Waals surface area contributed by atoms with Crippen LogP contribution in [0.25, 0.3) is 22.4 Å². The van der Waals surface area contributed by atoms with Crippen LogP contribution in [-0.2, 0) is 0 Å². The van der Waals surface area contributed by atoms with Crippen LogP contribution in [0.1, 0.15) is 51.3 Å². The monoisotopic (exact) mass is 548 g/mol. The summed E-state index contributed by atoms with van der Waals surface area (Å²) in [4.78, 5) is 33.8. The summed E-state index contributed by atoms with van der Waals surface area (Å²) in [5.41, 5.74) is 1.49. The van der Waals surface area contributed by atoms with Gasteiger partial charge in [0.15, 0.2) is 11.8 Å². The van der Waals surface area contributed by atoms with Gasteiger partial charge >= 0.3 is 6.18 Å². The maximum absolute atomic E-state index is 13.6. The molecule has 1 aliphatic carbocycles. The standard InChI is InChI=1S/C26H35F3N8O2/c1-14(2)37-23-19(12-31-25(35-23)33-16-6-8-17(9-7-16)36(4)5)34-22(24(37)39)18-10-11-21(32-15(18)3)30-13-20(38)26(27,28)29/h10-12,14,16-17,20,38H,6-9,13H2,1-5H3,(H,30,32)(H,31,33,35). The molecule has 0 spiro atoms. The van der Waals surface area contributed by atoms with Crippen LogP contribution in [-0.4, -0.2) is 79.5 Å². The zero-order chi connectivity index (χ0) is 28.5. The van der Waals surface area contributed by atoms with Crippen molar-refractivity contribution in [3.63, 3.8) is 0 Å². The molecule has 0 aliphatic heterocycles. The predicted octanol–water partition coefficient (Wildman–Crippen LogP) is 3.76. The average molecular weight is 549 g/mol. The van der Waals surface area contributed by atoms with E-state index >= 15 is 0 Å². The van der Waals surface area contributed by atoms with Gasteiger partial charge in [0.1, 0.15) is 17.0 Å². The molecule has 13 heteroatoms. The van der Waals surface area contributed by atoms with Gasteiger partial charge < -0.3 is 20.6 Å². The number of anilines is 2. The molecule has 0 amide bonds. The van der Waals surface area contributed by atoms with Crippen molar-refractivity contribution in [1.29, 1.82) is 0 Å². The van der Waals surface area contributed by atoms with Crippen molar-refractivity contribution in [3.05, 3.63) is 34.4 Å². The number of fused-ring (bicyclic) bond motifs is 1. The van der Waals surface area contributed by atoms with Crippen LogP contribution < -0.4 is 16.2 Å². The average Bonchev–Trinajstić information content (AvgIpc) is 2.86. The Labute approximate surface area is 224 Å². The van der Waals surface area contributed by atoms with Crippen LogP contribution in [0.3, 0.4) is 0 Å². The number of halogens is 3. The van der Waals surface area contributed by atoms with Crippen LogP contribution in [0.5, 0.6) is 0 Å². The van der Waals surface area contributed by atoms with E-state index in [0.29, 0.717) is 34.4 Å². The fourth-order valence-electron chi connectivity index (χ4n) is 4.87. The molecule has 3 aromatic rings. The molecule has 0 aromatic carbocycles. The minimum absolute atomic E-state index is 0.142. The van der Waals surface area contributed by atoms with Gasteiger partial charge in [-0.2, -0.15) is 18.2 Å². The fourth-order valence-corrected chi connectivity index (χ4v) is 4.87. The van der Waals surface area contributed by atoms with Gasteiger partial charge in [-0.25, -0.2) is 15.0 Å². The van der Waals surface area contributed by atoms with Gasteiger partial charge in [-0.3, -0.25) is 9.36 Å². The SMILES string of the molecule is Cc1nc(NCC(O)C(F)(F)F)ccc1-c1nc2cnc(NC3CCC(N(C)C)CC3)nc2n(C(C)C)c1=O. The van der Waals surface area contributed by atoms with Crippen LogP contribution in [0, 0.1) is 6.92 Å². The Morgan fingerprint density at radius 2 is 1.82 bits per heavy atom. The van der Waals surface area contributed by atoms with E-state index in [0.717, 1.165) is 25.7 Å². The Kier molecular flexibility index (Phi) is 8.40. The minimum Gasteiger partial charge on any atom is -0.382 e. The Morgan fingerprint density at radius 3 is 2.41 bits per heavy atom. The summed E-state index contributed by atoms with van der Waals surface area (Å²) in [7, 11) is 4.20. The molecule has 212 valence electrons. The molecular weight excluding hydrogens is 513 g/mol. The minimum atomic E-state index is -4.73. The zero-order valence-corrected chi connectivity index (χ0v) is 22.7. The van der Waals surface area contributed by atoms with Crippen molar-refractivity contribution in [3.8, 4) is 11.3 Å². The van der Waals surface area contributed by atoms with Crippen LogP contribution >= 0.6 is 0 Å². The summed E-state index contributed by atoms with van der Waals surface area (Å²) in [6, 6.07) is 3.63. The number of nitrogens with one attached hydrogen (secondary N) is 2. The Morgan fingerprint density at radius 1 is 1.13 bits per heavy atom. The predicted molar refractivity (Wildman–Crippen MR) is 144 cm³/mol. The molecule has 10 nitrogen and oxygen atoms in total. The summed E-state index contributed by atoms with van der Waals surface area (Å²) in [5.74, 6) is 0.594. The molecule has 1 aliphatic rings. The van der Waals surface area contributed by atoms with E-state index in [-0.39, 0.29) is 29.2 Å². The van der Waals surface area contributed by atoms with Gasteiger partial charge in [0.2, 0.25) is 5.95 Å². The molecule has 3 N–H and O–H groups in total. The molecule has 3 heterocycles. The molecule has 1 unspecified atom stereocenters. The second kappa shape index (κ2) is 11.4. The number of aliphatic hydroxyl groups excluding tert-OH is 1. The highest BCUT2D eigenvalue weighted by Crippen LogP contribution is 2.26. The van der Waals surface area contributed by atoms with Crippen molar-refractivity contribution in [1.82, 2.24) is 29.4 Å². The third-order valence-corrected chi connectivity index (χ3v) is 7.10.